The smallest absolute Gasteiger partial charge is 0.339 e. The van der Waals surface area contributed by atoms with E-state index in [-0.39, 0.29) is 23.0 Å². The van der Waals surface area contributed by atoms with Gasteiger partial charge in [-0.25, -0.2) is 4.79 Å². The van der Waals surface area contributed by atoms with Crippen LogP contribution in [0.15, 0.2) is 6.07 Å². The molecule has 0 aliphatic heterocycles. The molecule has 0 amide bonds. The number of rotatable bonds is 11. The van der Waals surface area contributed by atoms with Crippen molar-refractivity contribution in [3.8, 4) is 17.2 Å². The molecule has 0 saturated carbocycles. The van der Waals surface area contributed by atoms with Crippen LogP contribution in [0.25, 0.3) is 0 Å². The number of carboxylic acid groups (broad SMARTS) is 1. The normalized spacial score (nSPS) is 12.0. The lowest BCUT2D eigenvalue weighted by Gasteiger charge is -2.37. The number of alkyl halides is 1. The minimum absolute atomic E-state index is 0.0229. The van der Waals surface area contributed by atoms with E-state index in [9.17, 15) is 9.90 Å². The summed E-state index contributed by atoms with van der Waals surface area (Å²) in [5.74, 6) is 0.357. The molecule has 1 aromatic rings. The van der Waals surface area contributed by atoms with Gasteiger partial charge in [0.25, 0.3) is 8.32 Å². The van der Waals surface area contributed by atoms with Gasteiger partial charge in [-0.2, -0.15) is 0 Å². The molecule has 0 aliphatic rings. The first-order chi connectivity index (χ1) is 13.0. The zero-order chi connectivity index (χ0) is 21.5. The van der Waals surface area contributed by atoms with Crippen molar-refractivity contribution >= 4 is 25.9 Å². The molecular weight excluding hydrogens is 400 g/mol. The minimum atomic E-state index is -2.18. The molecule has 1 aromatic carbocycles. The minimum Gasteiger partial charge on any atom is -0.541 e. The Kier molecular flexibility index (Phi) is 9.11. The lowest BCUT2D eigenvalue weighted by molar-refractivity contribution is 0.0685. The number of carbonyl (C=O) groups is 1. The van der Waals surface area contributed by atoms with Crippen LogP contribution >= 0.6 is 11.6 Å². The van der Waals surface area contributed by atoms with E-state index < -0.39 is 14.3 Å². The number of aromatic carboxylic acids is 1. The molecule has 1 rings (SSSR count). The molecule has 8 heteroatoms. The van der Waals surface area contributed by atoms with Crippen LogP contribution in [0.3, 0.4) is 0 Å². The number of hydrogen-bond acceptors (Lipinski definition) is 5. The molecule has 6 nitrogen and oxygen atoms in total. The zero-order valence-corrected chi connectivity index (χ0v) is 19.7. The average Bonchev–Trinajstić information content (AvgIpc) is 2.60. The molecular formula is C20H33ClO6Si. The van der Waals surface area contributed by atoms with Crippen LogP contribution in [-0.4, -0.2) is 52.2 Å². The van der Waals surface area contributed by atoms with Gasteiger partial charge in [0.05, 0.1) is 20.3 Å². The molecule has 0 bridgehead atoms. The standard InChI is InChI=1S/C20H33ClO6Si/c1-8-14-13-15(19(22)23)17(26-12-11-25-10-9-21)18(24-5)16(14)27-28(6,7)20(2,3)4/h13H,8-12H2,1-7H3,(H,22,23). The fraction of sp³-hybridized carbons (Fsp3) is 0.650. The maximum atomic E-state index is 11.8. The Balaban J connectivity index is 3.41. The Morgan fingerprint density at radius 2 is 1.79 bits per heavy atom. The summed E-state index contributed by atoms with van der Waals surface area (Å²) in [7, 11) is -0.684. The van der Waals surface area contributed by atoms with Gasteiger partial charge >= 0.3 is 5.97 Å². The van der Waals surface area contributed by atoms with Gasteiger partial charge in [0.2, 0.25) is 5.75 Å². The Morgan fingerprint density at radius 3 is 2.25 bits per heavy atom. The summed E-state index contributed by atoms with van der Waals surface area (Å²) in [6, 6.07) is 1.61. The second-order valence-electron chi connectivity index (χ2n) is 7.95. The summed E-state index contributed by atoms with van der Waals surface area (Å²) in [6.07, 6.45) is 0.611. The molecule has 0 atom stereocenters. The van der Waals surface area contributed by atoms with Crippen molar-refractivity contribution in [1.82, 2.24) is 0 Å². The quantitative estimate of drug-likeness (QED) is 0.302. The molecule has 28 heavy (non-hydrogen) atoms. The van der Waals surface area contributed by atoms with E-state index in [0.717, 1.165) is 5.56 Å². The van der Waals surface area contributed by atoms with Crippen LogP contribution < -0.4 is 13.9 Å². The van der Waals surface area contributed by atoms with Crippen molar-refractivity contribution in [3.05, 3.63) is 17.2 Å². The highest BCUT2D eigenvalue weighted by atomic mass is 35.5. The molecule has 0 aliphatic carbocycles. The predicted octanol–water partition coefficient (Wildman–Crippen LogP) is 4.97. The second-order valence-corrected chi connectivity index (χ2v) is 13.0. The molecule has 0 aromatic heterocycles. The van der Waals surface area contributed by atoms with Crippen molar-refractivity contribution in [3.63, 3.8) is 0 Å². The number of hydrogen-bond donors (Lipinski definition) is 1. The number of ether oxygens (including phenoxy) is 3. The monoisotopic (exact) mass is 432 g/mol. The molecule has 160 valence electrons. The molecule has 0 saturated heterocycles. The Hall–Kier alpha value is -1.44. The summed E-state index contributed by atoms with van der Waals surface area (Å²) in [4.78, 5) is 11.8. The van der Waals surface area contributed by atoms with Crippen LogP contribution in [0.2, 0.25) is 18.1 Å². The lowest BCUT2D eigenvalue weighted by Crippen LogP contribution is -2.44. The summed E-state index contributed by atoms with van der Waals surface area (Å²) in [5, 5.41) is 9.66. The molecule has 0 spiro atoms. The van der Waals surface area contributed by atoms with E-state index in [0.29, 0.717) is 37.0 Å². The van der Waals surface area contributed by atoms with Crippen LogP contribution in [-0.2, 0) is 11.2 Å². The van der Waals surface area contributed by atoms with Gasteiger partial charge in [-0.1, -0.05) is 27.7 Å². The third kappa shape index (κ3) is 6.03. The number of halogens is 1. The van der Waals surface area contributed by atoms with Crippen molar-refractivity contribution in [2.75, 3.05) is 32.8 Å². The number of benzene rings is 1. The zero-order valence-electron chi connectivity index (χ0n) is 18.0. The van der Waals surface area contributed by atoms with Gasteiger partial charge in [-0.15, -0.1) is 11.6 Å². The lowest BCUT2D eigenvalue weighted by atomic mass is 10.0. The fourth-order valence-corrected chi connectivity index (χ4v) is 3.46. The van der Waals surface area contributed by atoms with Gasteiger partial charge in [0.1, 0.15) is 12.2 Å². The Morgan fingerprint density at radius 1 is 1.14 bits per heavy atom. The SMILES string of the molecule is CCc1cc(C(=O)O)c(OCCOCCCl)c(OC)c1O[Si](C)(C)C(C)(C)C. The Labute approximate surface area is 174 Å². The first-order valence-corrected chi connectivity index (χ1v) is 12.9. The maximum absolute atomic E-state index is 11.8. The van der Waals surface area contributed by atoms with Gasteiger partial charge in [0.15, 0.2) is 11.5 Å². The molecule has 0 fully saturated rings. The second kappa shape index (κ2) is 10.4. The molecule has 0 unspecified atom stereocenters. The third-order valence-corrected chi connectivity index (χ3v) is 9.42. The van der Waals surface area contributed by atoms with Crippen LogP contribution in [0.4, 0.5) is 0 Å². The number of carboxylic acids is 1. The van der Waals surface area contributed by atoms with E-state index >= 15 is 0 Å². The summed E-state index contributed by atoms with van der Waals surface area (Å²) in [6.45, 7) is 13.6. The summed E-state index contributed by atoms with van der Waals surface area (Å²) in [5.41, 5.74) is 0.832. The van der Waals surface area contributed by atoms with E-state index in [1.165, 1.54) is 7.11 Å². The maximum Gasteiger partial charge on any atom is 0.339 e. The summed E-state index contributed by atoms with van der Waals surface area (Å²) < 4.78 is 23.2. The van der Waals surface area contributed by atoms with Crippen LogP contribution in [0.5, 0.6) is 17.2 Å². The molecule has 0 radical (unpaired) electrons. The van der Waals surface area contributed by atoms with E-state index in [1.807, 2.05) is 6.92 Å². The van der Waals surface area contributed by atoms with Crippen molar-refractivity contribution in [2.24, 2.45) is 0 Å². The molecule has 0 heterocycles. The van der Waals surface area contributed by atoms with Crippen LogP contribution in [0.1, 0.15) is 43.6 Å². The van der Waals surface area contributed by atoms with Gasteiger partial charge in [-0.3, -0.25) is 0 Å². The van der Waals surface area contributed by atoms with Gasteiger partial charge < -0.3 is 23.7 Å². The third-order valence-electron chi connectivity index (χ3n) is 4.94. The number of methoxy groups -OCH3 is 1. The Bertz CT molecular complexity index is 670. The van der Waals surface area contributed by atoms with Crippen LogP contribution in [0, 0.1) is 0 Å². The predicted molar refractivity (Wildman–Crippen MR) is 114 cm³/mol. The van der Waals surface area contributed by atoms with Gasteiger partial charge in [-0.05, 0) is 36.2 Å². The first-order valence-electron chi connectivity index (χ1n) is 9.42. The van der Waals surface area contributed by atoms with Crippen molar-refractivity contribution in [2.45, 2.75) is 52.2 Å². The van der Waals surface area contributed by atoms with E-state index in [1.54, 1.807) is 6.07 Å². The first kappa shape index (κ1) is 24.6. The topological polar surface area (TPSA) is 74.2 Å². The van der Waals surface area contributed by atoms with Crippen molar-refractivity contribution in [1.29, 1.82) is 0 Å². The average molecular weight is 433 g/mol. The van der Waals surface area contributed by atoms with Gasteiger partial charge in [0, 0.05) is 5.88 Å². The molecule has 1 N–H and O–H groups in total. The highest BCUT2D eigenvalue weighted by Gasteiger charge is 2.40. The van der Waals surface area contributed by atoms with E-state index in [4.69, 9.17) is 30.2 Å². The van der Waals surface area contributed by atoms with Crippen molar-refractivity contribution < 1.29 is 28.5 Å². The highest BCUT2D eigenvalue weighted by molar-refractivity contribution is 6.74. The summed E-state index contributed by atoms with van der Waals surface area (Å²) >= 11 is 5.59. The number of aryl methyl sites for hydroxylation is 1. The van der Waals surface area contributed by atoms with E-state index in [2.05, 4.69) is 33.9 Å². The largest absolute Gasteiger partial charge is 0.541 e. The highest BCUT2D eigenvalue weighted by Crippen LogP contribution is 2.47. The fourth-order valence-electron chi connectivity index (χ4n) is 2.31.